The Kier molecular flexibility index (Phi) is 3.87. The van der Waals surface area contributed by atoms with E-state index in [-0.39, 0.29) is 12.6 Å². The topological polar surface area (TPSA) is 18.5 Å². The van der Waals surface area contributed by atoms with Gasteiger partial charge >= 0.3 is 0 Å². The quantitative estimate of drug-likeness (QED) is 0.647. The molecule has 1 aliphatic rings. The SMILES string of the molecule is Fc1cc[c]c(-c2ccc(Cl)cc2)c1Cc1ccc2c(c1)OCO2. The van der Waals surface area contributed by atoms with Crippen molar-refractivity contribution in [1.82, 2.24) is 0 Å². The molecule has 4 heteroatoms. The summed E-state index contributed by atoms with van der Waals surface area (Å²) in [6.45, 7) is 0.224. The van der Waals surface area contributed by atoms with Crippen LogP contribution in [-0.2, 0) is 6.42 Å². The molecule has 0 N–H and O–H groups in total. The second-order valence-corrected chi connectivity index (χ2v) is 5.99. The van der Waals surface area contributed by atoms with Gasteiger partial charge in [0.15, 0.2) is 11.5 Å². The Morgan fingerprint density at radius 2 is 1.79 bits per heavy atom. The third-order valence-corrected chi connectivity index (χ3v) is 4.25. The molecule has 3 aromatic carbocycles. The second kappa shape index (κ2) is 6.17. The third kappa shape index (κ3) is 2.83. The molecule has 24 heavy (non-hydrogen) atoms. The van der Waals surface area contributed by atoms with E-state index in [1.807, 2.05) is 30.3 Å². The van der Waals surface area contributed by atoms with Crippen molar-refractivity contribution in [3.8, 4) is 22.6 Å². The fourth-order valence-corrected chi connectivity index (χ4v) is 2.93. The van der Waals surface area contributed by atoms with Crippen LogP contribution >= 0.6 is 11.6 Å². The minimum absolute atomic E-state index is 0.224. The summed E-state index contributed by atoms with van der Waals surface area (Å²) in [5.41, 5.74) is 3.17. The minimum Gasteiger partial charge on any atom is -0.454 e. The van der Waals surface area contributed by atoms with Crippen LogP contribution in [0.25, 0.3) is 11.1 Å². The number of halogens is 2. The highest BCUT2D eigenvalue weighted by Gasteiger charge is 2.16. The van der Waals surface area contributed by atoms with Gasteiger partial charge in [0.2, 0.25) is 6.79 Å². The summed E-state index contributed by atoms with van der Waals surface area (Å²) in [5, 5.41) is 0.646. The van der Waals surface area contributed by atoms with Crippen LogP contribution in [0.4, 0.5) is 4.39 Å². The molecule has 1 aliphatic heterocycles. The lowest BCUT2D eigenvalue weighted by Crippen LogP contribution is -1.97. The van der Waals surface area contributed by atoms with Gasteiger partial charge < -0.3 is 9.47 Å². The highest BCUT2D eigenvalue weighted by molar-refractivity contribution is 6.30. The fraction of sp³-hybridized carbons (Fsp3) is 0.100. The molecular weight excluding hydrogens is 327 g/mol. The zero-order valence-electron chi connectivity index (χ0n) is 12.7. The summed E-state index contributed by atoms with van der Waals surface area (Å²) in [6.07, 6.45) is 0.442. The lowest BCUT2D eigenvalue weighted by atomic mass is 9.94. The molecule has 0 unspecified atom stereocenters. The Labute approximate surface area is 144 Å². The van der Waals surface area contributed by atoms with E-state index >= 15 is 0 Å². The average molecular weight is 340 g/mol. The molecule has 3 aromatic rings. The van der Waals surface area contributed by atoms with Gasteiger partial charge in [-0.3, -0.25) is 0 Å². The molecule has 119 valence electrons. The van der Waals surface area contributed by atoms with Crippen LogP contribution in [0, 0.1) is 11.9 Å². The molecule has 1 radical (unpaired) electrons. The minimum atomic E-state index is -0.253. The van der Waals surface area contributed by atoms with Crippen molar-refractivity contribution in [2.75, 3.05) is 6.79 Å². The summed E-state index contributed by atoms with van der Waals surface area (Å²) in [5.74, 6) is 1.16. The van der Waals surface area contributed by atoms with Gasteiger partial charge in [-0.2, -0.15) is 0 Å². The van der Waals surface area contributed by atoms with Crippen LogP contribution < -0.4 is 9.47 Å². The maximum atomic E-state index is 14.5. The molecular formula is C20H13ClFO2. The van der Waals surface area contributed by atoms with Gasteiger partial charge in [0.25, 0.3) is 0 Å². The zero-order valence-corrected chi connectivity index (χ0v) is 13.4. The number of hydrogen-bond donors (Lipinski definition) is 0. The number of benzene rings is 3. The van der Waals surface area contributed by atoms with Crippen molar-refractivity contribution in [3.63, 3.8) is 0 Å². The molecule has 0 aliphatic carbocycles. The molecule has 0 spiro atoms. The van der Waals surface area contributed by atoms with Gasteiger partial charge in [-0.05, 0) is 53.1 Å². The van der Waals surface area contributed by atoms with E-state index < -0.39 is 0 Å². The van der Waals surface area contributed by atoms with Crippen LogP contribution in [0.1, 0.15) is 11.1 Å². The van der Waals surface area contributed by atoms with Gasteiger partial charge in [-0.25, -0.2) is 4.39 Å². The van der Waals surface area contributed by atoms with Crippen LogP contribution in [0.5, 0.6) is 11.5 Å². The van der Waals surface area contributed by atoms with Crippen LogP contribution in [0.15, 0.2) is 54.6 Å². The lowest BCUT2D eigenvalue weighted by molar-refractivity contribution is 0.174. The second-order valence-electron chi connectivity index (χ2n) is 5.55. The first-order valence-electron chi connectivity index (χ1n) is 7.54. The highest BCUT2D eigenvalue weighted by atomic mass is 35.5. The molecule has 2 nitrogen and oxygen atoms in total. The molecule has 0 saturated carbocycles. The molecule has 1 heterocycles. The van der Waals surface area contributed by atoms with E-state index in [9.17, 15) is 4.39 Å². The summed E-state index contributed by atoms with van der Waals surface area (Å²) in [7, 11) is 0. The molecule has 0 bridgehead atoms. The summed E-state index contributed by atoms with van der Waals surface area (Å²) < 4.78 is 25.2. The van der Waals surface area contributed by atoms with Crippen molar-refractivity contribution in [3.05, 3.63) is 82.6 Å². The Morgan fingerprint density at radius 3 is 2.62 bits per heavy atom. The first-order chi connectivity index (χ1) is 11.7. The number of hydrogen-bond acceptors (Lipinski definition) is 2. The van der Waals surface area contributed by atoms with E-state index in [2.05, 4.69) is 6.07 Å². The van der Waals surface area contributed by atoms with Crippen LogP contribution in [-0.4, -0.2) is 6.79 Å². The number of ether oxygens (including phenoxy) is 2. The fourth-order valence-electron chi connectivity index (χ4n) is 2.81. The van der Waals surface area contributed by atoms with Crippen molar-refractivity contribution >= 4 is 11.6 Å². The Balaban J connectivity index is 1.73. The monoisotopic (exact) mass is 339 g/mol. The van der Waals surface area contributed by atoms with Gasteiger partial charge in [0.1, 0.15) is 5.82 Å². The number of rotatable bonds is 3. The van der Waals surface area contributed by atoms with Crippen molar-refractivity contribution in [2.45, 2.75) is 6.42 Å². The Hall–Kier alpha value is -2.52. The predicted octanol–water partition coefficient (Wildman–Crippen LogP) is 5.27. The predicted molar refractivity (Wildman–Crippen MR) is 91.1 cm³/mol. The maximum absolute atomic E-state index is 14.5. The van der Waals surface area contributed by atoms with Crippen LogP contribution in [0.3, 0.4) is 0 Å². The van der Waals surface area contributed by atoms with Gasteiger partial charge in [-0.15, -0.1) is 0 Å². The number of fused-ring (bicyclic) bond motifs is 1. The van der Waals surface area contributed by atoms with Gasteiger partial charge in [0.05, 0.1) is 0 Å². The van der Waals surface area contributed by atoms with Crippen LogP contribution in [0.2, 0.25) is 5.02 Å². The third-order valence-electron chi connectivity index (χ3n) is 4.00. The molecule has 4 rings (SSSR count). The van der Waals surface area contributed by atoms with Crippen molar-refractivity contribution < 1.29 is 13.9 Å². The first kappa shape index (κ1) is 15.0. The average Bonchev–Trinajstić information content (AvgIpc) is 3.05. The largest absolute Gasteiger partial charge is 0.454 e. The van der Waals surface area contributed by atoms with E-state index in [0.29, 0.717) is 22.8 Å². The van der Waals surface area contributed by atoms with E-state index in [4.69, 9.17) is 21.1 Å². The molecule has 0 saturated heterocycles. The van der Waals surface area contributed by atoms with E-state index in [1.165, 1.54) is 6.07 Å². The van der Waals surface area contributed by atoms with Gasteiger partial charge in [0, 0.05) is 17.0 Å². The Bertz CT molecular complexity index is 891. The molecule has 0 amide bonds. The highest BCUT2D eigenvalue weighted by Crippen LogP contribution is 2.34. The summed E-state index contributed by atoms with van der Waals surface area (Å²) in [6, 6.07) is 19.2. The lowest BCUT2D eigenvalue weighted by Gasteiger charge is -2.11. The molecule has 0 atom stereocenters. The molecule has 0 fully saturated rings. The van der Waals surface area contributed by atoms with E-state index in [0.717, 1.165) is 22.4 Å². The van der Waals surface area contributed by atoms with E-state index in [1.54, 1.807) is 18.2 Å². The van der Waals surface area contributed by atoms with Crippen molar-refractivity contribution in [1.29, 1.82) is 0 Å². The standard InChI is InChI=1S/C20H13ClFO2/c21-15-7-5-14(6-8-15)16-2-1-3-18(22)17(16)10-13-4-9-19-20(11-13)24-12-23-19/h1,3-9,11H,10,12H2. The van der Waals surface area contributed by atoms with Crippen molar-refractivity contribution in [2.24, 2.45) is 0 Å². The van der Waals surface area contributed by atoms with Gasteiger partial charge in [-0.1, -0.05) is 35.9 Å². The first-order valence-corrected chi connectivity index (χ1v) is 7.92. The molecule has 0 aromatic heterocycles. The zero-order chi connectivity index (χ0) is 16.5. The summed E-state index contributed by atoms with van der Waals surface area (Å²) >= 11 is 5.94. The maximum Gasteiger partial charge on any atom is 0.231 e. The normalized spacial score (nSPS) is 12.4. The summed E-state index contributed by atoms with van der Waals surface area (Å²) in [4.78, 5) is 0. The smallest absolute Gasteiger partial charge is 0.231 e. The Morgan fingerprint density at radius 1 is 1.00 bits per heavy atom.